The number of hydrogen-bond donors (Lipinski definition) is 1. The lowest BCUT2D eigenvalue weighted by atomic mass is 10.0. The monoisotopic (exact) mass is 276 g/mol. The van der Waals surface area contributed by atoms with Crippen LogP contribution in [0.2, 0.25) is 0 Å². The van der Waals surface area contributed by atoms with Gasteiger partial charge in [-0.3, -0.25) is 0 Å². The zero-order valence-electron chi connectivity index (χ0n) is 12.5. The van der Waals surface area contributed by atoms with Crippen LogP contribution < -0.4 is 10.2 Å². The van der Waals surface area contributed by atoms with Crippen LogP contribution in [0, 0.1) is 11.7 Å². The molecule has 1 aromatic rings. The van der Waals surface area contributed by atoms with Crippen molar-refractivity contribution in [2.24, 2.45) is 5.92 Å². The van der Waals surface area contributed by atoms with Gasteiger partial charge in [0.25, 0.3) is 0 Å². The average molecular weight is 276 g/mol. The summed E-state index contributed by atoms with van der Waals surface area (Å²) in [5.74, 6) is 0.728. The van der Waals surface area contributed by atoms with E-state index in [0.717, 1.165) is 36.7 Å². The summed E-state index contributed by atoms with van der Waals surface area (Å²) in [5, 5.41) is 3.49. The Labute approximate surface area is 121 Å². The third-order valence-corrected chi connectivity index (χ3v) is 4.88. The minimum absolute atomic E-state index is 0.0554. The molecule has 20 heavy (non-hydrogen) atoms. The van der Waals surface area contributed by atoms with Gasteiger partial charge in [0.05, 0.1) is 5.69 Å². The number of benzene rings is 1. The number of piperidine rings is 1. The lowest BCUT2D eigenvalue weighted by molar-refractivity contribution is 0.526. The molecule has 3 rings (SSSR count). The fraction of sp³-hybridized carbons (Fsp3) is 0.647. The minimum atomic E-state index is -0.0554. The summed E-state index contributed by atoms with van der Waals surface area (Å²) < 4.78 is 14.4. The van der Waals surface area contributed by atoms with Crippen LogP contribution in [0.4, 0.5) is 10.1 Å². The van der Waals surface area contributed by atoms with E-state index >= 15 is 0 Å². The van der Waals surface area contributed by atoms with Crippen LogP contribution in [0.1, 0.15) is 51.1 Å². The van der Waals surface area contributed by atoms with Gasteiger partial charge in [-0.25, -0.2) is 4.39 Å². The van der Waals surface area contributed by atoms with Gasteiger partial charge in [-0.05, 0) is 56.7 Å². The van der Waals surface area contributed by atoms with Crippen molar-refractivity contribution >= 4 is 5.69 Å². The first-order valence-electron chi connectivity index (χ1n) is 7.99. The predicted molar refractivity (Wildman–Crippen MR) is 81.6 cm³/mol. The Morgan fingerprint density at radius 2 is 2.25 bits per heavy atom. The van der Waals surface area contributed by atoms with Crippen molar-refractivity contribution in [3.63, 3.8) is 0 Å². The highest BCUT2D eigenvalue weighted by molar-refractivity contribution is 5.58. The van der Waals surface area contributed by atoms with E-state index in [1.165, 1.54) is 19.3 Å². The molecule has 3 atom stereocenters. The molecule has 3 unspecified atom stereocenters. The second-order valence-corrected chi connectivity index (χ2v) is 6.34. The maximum Gasteiger partial charge on any atom is 0.146 e. The second-order valence-electron chi connectivity index (χ2n) is 6.34. The van der Waals surface area contributed by atoms with Gasteiger partial charge in [0.1, 0.15) is 5.82 Å². The molecule has 1 saturated carbocycles. The molecule has 0 radical (unpaired) electrons. The summed E-state index contributed by atoms with van der Waals surface area (Å²) in [6.45, 7) is 6.32. The maximum atomic E-state index is 14.4. The number of hydrogen-bond acceptors (Lipinski definition) is 2. The molecule has 1 heterocycles. The highest BCUT2D eigenvalue weighted by atomic mass is 19.1. The molecule has 1 aromatic carbocycles. The summed E-state index contributed by atoms with van der Waals surface area (Å²) in [7, 11) is 0. The topological polar surface area (TPSA) is 15.3 Å². The molecule has 2 bridgehead atoms. The number of nitrogens with zero attached hydrogens (tertiary/aromatic N) is 1. The second kappa shape index (κ2) is 5.72. The Balaban J connectivity index is 1.89. The van der Waals surface area contributed by atoms with Crippen molar-refractivity contribution in [3.05, 3.63) is 29.6 Å². The molecule has 3 heteroatoms. The summed E-state index contributed by atoms with van der Waals surface area (Å²) in [4.78, 5) is 2.34. The SMILES string of the molecule is CCCNC(C)c1cccc(F)c1N1CC2CCC1C2. The van der Waals surface area contributed by atoms with E-state index in [2.05, 4.69) is 30.1 Å². The van der Waals surface area contributed by atoms with Crippen LogP contribution >= 0.6 is 0 Å². The number of para-hydroxylation sites is 1. The van der Waals surface area contributed by atoms with Gasteiger partial charge in [-0.2, -0.15) is 0 Å². The van der Waals surface area contributed by atoms with Gasteiger partial charge in [-0.15, -0.1) is 0 Å². The zero-order valence-corrected chi connectivity index (χ0v) is 12.5. The van der Waals surface area contributed by atoms with Crippen LogP contribution in [0.25, 0.3) is 0 Å². The molecule has 110 valence electrons. The maximum absolute atomic E-state index is 14.4. The molecule has 1 N–H and O–H groups in total. The molecule has 0 spiro atoms. The fourth-order valence-electron chi connectivity index (χ4n) is 3.85. The van der Waals surface area contributed by atoms with Gasteiger partial charge in [0.15, 0.2) is 0 Å². The quantitative estimate of drug-likeness (QED) is 0.878. The smallest absolute Gasteiger partial charge is 0.146 e. The van der Waals surface area contributed by atoms with Crippen LogP contribution in [0.5, 0.6) is 0 Å². The number of fused-ring (bicyclic) bond motifs is 2. The molecular weight excluding hydrogens is 251 g/mol. The number of nitrogens with one attached hydrogen (secondary N) is 1. The fourth-order valence-corrected chi connectivity index (χ4v) is 3.85. The van der Waals surface area contributed by atoms with E-state index in [0.29, 0.717) is 6.04 Å². The van der Waals surface area contributed by atoms with Gasteiger partial charge in [0.2, 0.25) is 0 Å². The van der Waals surface area contributed by atoms with E-state index in [4.69, 9.17) is 0 Å². The van der Waals surface area contributed by atoms with E-state index in [1.54, 1.807) is 6.07 Å². The Hall–Kier alpha value is -1.09. The van der Waals surface area contributed by atoms with Crippen molar-refractivity contribution in [2.75, 3.05) is 18.0 Å². The predicted octanol–water partition coefficient (Wildman–Crippen LogP) is 3.88. The average Bonchev–Trinajstić information content (AvgIpc) is 3.07. The van der Waals surface area contributed by atoms with Gasteiger partial charge >= 0.3 is 0 Å². The van der Waals surface area contributed by atoms with Gasteiger partial charge in [0, 0.05) is 18.6 Å². The number of rotatable bonds is 5. The molecular formula is C17H25FN2. The van der Waals surface area contributed by atoms with Crippen LogP contribution in [-0.4, -0.2) is 19.1 Å². The summed E-state index contributed by atoms with van der Waals surface area (Å²) >= 11 is 0. The molecule has 1 saturated heterocycles. The molecule has 2 aliphatic rings. The standard InChI is InChI=1S/C17H25FN2/c1-3-9-19-12(2)15-5-4-6-16(18)17(15)20-11-13-7-8-14(20)10-13/h4-6,12-14,19H,3,7-11H2,1-2H3. The third kappa shape index (κ3) is 2.44. The first kappa shape index (κ1) is 13.9. The third-order valence-electron chi connectivity index (χ3n) is 4.88. The largest absolute Gasteiger partial charge is 0.366 e. The van der Waals surface area contributed by atoms with Crippen molar-refractivity contribution in [1.29, 1.82) is 0 Å². The highest BCUT2D eigenvalue weighted by Gasteiger charge is 2.39. The van der Waals surface area contributed by atoms with Crippen molar-refractivity contribution in [3.8, 4) is 0 Å². The lowest BCUT2D eigenvalue weighted by Crippen LogP contribution is -2.34. The lowest BCUT2D eigenvalue weighted by Gasteiger charge is -2.32. The van der Waals surface area contributed by atoms with E-state index in [-0.39, 0.29) is 11.9 Å². The zero-order chi connectivity index (χ0) is 14.1. The van der Waals surface area contributed by atoms with Crippen LogP contribution in [0.3, 0.4) is 0 Å². The minimum Gasteiger partial charge on any atom is -0.366 e. The Morgan fingerprint density at radius 3 is 2.90 bits per heavy atom. The van der Waals surface area contributed by atoms with E-state index < -0.39 is 0 Å². The van der Waals surface area contributed by atoms with E-state index in [9.17, 15) is 4.39 Å². The van der Waals surface area contributed by atoms with Crippen LogP contribution in [0.15, 0.2) is 18.2 Å². The summed E-state index contributed by atoms with van der Waals surface area (Å²) in [6.07, 6.45) is 4.91. The normalized spacial score (nSPS) is 26.2. The first-order valence-corrected chi connectivity index (χ1v) is 7.99. The number of anilines is 1. The molecule has 0 aromatic heterocycles. The first-order chi connectivity index (χ1) is 9.70. The summed E-state index contributed by atoms with van der Waals surface area (Å²) in [6, 6.07) is 6.30. The molecule has 2 fully saturated rings. The van der Waals surface area contributed by atoms with Crippen molar-refractivity contribution < 1.29 is 4.39 Å². The van der Waals surface area contributed by atoms with Gasteiger partial charge in [-0.1, -0.05) is 19.1 Å². The Bertz CT molecular complexity index is 474. The summed E-state index contributed by atoms with van der Waals surface area (Å²) in [5.41, 5.74) is 1.97. The molecule has 1 aliphatic heterocycles. The van der Waals surface area contributed by atoms with E-state index in [1.807, 2.05) is 6.07 Å². The highest BCUT2D eigenvalue weighted by Crippen LogP contribution is 2.43. The van der Waals surface area contributed by atoms with Crippen molar-refractivity contribution in [2.45, 2.75) is 51.6 Å². The van der Waals surface area contributed by atoms with Crippen LogP contribution in [-0.2, 0) is 0 Å². The van der Waals surface area contributed by atoms with Gasteiger partial charge < -0.3 is 10.2 Å². The Morgan fingerprint density at radius 1 is 1.40 bits per heavy atom. The molecule has 1 aliphatic carbocycles. The number of halogens is 1. The van der Waals surface area contributed by atoms with Crippen molar-refractivity contribution in [1.82, 2.24) is 5.32 Å². The molecule has 2 nitrogen and oxygen atoms in total. The molecule has 0 amide bonds. The Kier molecular flexibility index (Phi) is 3.97.